The van der Waals surface area contributed by atoms with Crippen molar-refractivity contribution in [2.75, 3.05) is 26.4 Å². The minimum atomic E-state index is -1.69. The zero-order chi connectivity index (χ0) is 25.4. The van der Waals surface area contributed by atoms with Gasteiger partial charge in [-0.1, -0.05) is 18.2 Å². The van der Waals surface area contributed by atoms with Crippen LogP contribution in [0.3, 0.4) is 0 Å². The highest BCUT2D eigenvalue weighted by Crippen LogP contribution is 2.30. The van der Waals surface area contributed by atoms with Gasteiger partial charge in [0.25, 0.3) is 0 Å². The minimum Gasteiger partial charge on any atom is -0.491 e. The molecule has 1 aromatic rings. The number of hydrogen-bond donors (Lipinski definition) is 7. The van der Waals surface area contributed by atoms with Crippen LogP contribution in [-0.4, -0.2) is 118 Å². The monoisotopic (exact) mass is 503 g/mol. The molecule has 10 atom stereocenters. The second-order valence-electron chi connectivity index (χ2n) is 8.67. The van der Waals surface area contributed by atoms with Gasteiger partial charge in [-0.3, -0.25) is 0 Å². The fourth-order valence-corrected chi connectivity index (χ4v) is 4.00. The van der Waals surface area contributed by atoms with Crippen molar-refractivity contribution >= 4 is 0 Å². The lowest BCUT2D eigenvalue weighted by molar-refractivity contribution is -0.358. The molecule has 2 aliphatic heterocycles. The van der Waals surface area contributed by atoms with Gasteiger partial charge in [-0.15, -0.1) is 0 Å². The molecule has 12 nitrogen and oxygen atoms in total. The van der Waals surface area contributed by atoms with E-state index in [1.165, 1.54) is 0 Å². The summed E-state index contributed by atoms with van der Waals surface area (Å²) in [7, 11) is 0. The Hall–Kier alpha value is -1.42. The van der Waals surface area contributed by atoms with Crippen molar-refractivity contribution in [3.05, 3.63) is 30.3 Å². The highest BCUT2D eigenvalue weighted by molar-refractivity contribution is 5.21. The first-order valence-corrected chi connectivity index (χ1v) is 11.8. The van der Waals surface area contributed by atoms with E-state index in [4.69, 9.17) is 29.4 Å². The van der Waals surface area contributed by atoms with Gasteiger partial charge in [0, 0.05) is 6.61 Å². The molecule has 0 spiro atoms. The van der Waals surface area contributed by atoms with Crippen LogP contribution in [-0.2, 0) is 18.9 Å². The van der Waals surface area contributed by atoms with Crippen molar-refractivity contribution in [3.8, 4) is 5.75 Å². The lowest BCUT2D eigenvalue weighted by Crippen LogP contribution is -2.65. The van der Waals surface area contributed by atoms with Crippen LogP contribution in [0.25, 0.3) is 0 Å². The fourth-order valence-electron chi connectivity index (χ4n) is 4.00. The molecule has 12 heteroatoms. The van der Waals surface area contributed by atoms with E-state index in [2.05, 4.69) is 0 Å². The molecule has 0 aliphatic carbocycles. The SMILES string of the molecule is NCCCCCO[C@@H]1OC(COc2ccccc2)[C@@H](O[C@@H]2OC(CO)[C@H](O)C(O)C2O)C(O)C1O. The molecule has 0 aromatic heterocycles. The van der Waals surface area contributed by atoms with Gasteiger partial charge < -0.3 is 60.1 Å². The summed E-state index contributed by atoms with van der Waals surface area (Å²) in [6.45, 7) is 0.0940. The maximum Gasteiger partial charge on any atom is 0.187 e. The standard InChI is InChI=1S/C23H37NO11/c24-9-5-2-6-10-31-22-20(30)18(28)21(15(34-22)12-32-13-7-3-1-4-8-13)35-23-19(29)17(27)16(26)14(11-25)33-23/h1,3-4,7-8,14-23,25-30H,2,5-6,9-12,24H2/t14?,15?,16-,17?,18?,19?,20?,21+,22+,23-/m0/s1. The predicted molar refractivity (Wildman–Crippen MR) is 120 cm³/mol. The van der Waals surface area contributed by atoms with E-state index in [0.29, 0.717) is 18.7 Å². The molecule has 2 saturated heterocycles. The van der Waals surface area contributed by atoms with Crippen molar-refractivity contribution in [2.24, 2.45) is 5.73 Å². The summed E-state index contributed by atoms with van der Waals surface area (Å²) in [5.41, 5.74) is 5.49. The molecule has 200 valence electrons. The average molecular weight is 504 g/mol. The largest absolute Gasteiger partial charge is 0.491 e. The smallest absolute Gasteiger partial charge is 0.187 e. The average Bonchev–Trinajstić information content (AvgIpc) is 2.87. The molecule has 6 unspecified atom stereocenters. The van der Waals surface area contributed by atoms with Gasteiger partial charge in [-0.25, -0.2) is 0 Å². The Morgan fingerprint density at radius 1 is 0.771 bits per heavy atom. The topological polar surface area (TPSA) is 194 Å². The first-order chi connectivity index (χ1) is 16.9. The summed E-state index contributed by atoms with van der Waals surface area (Å²) in [4.78, 5) is 0. The van der Waals surface area contributed by atoms with E-state index >= 15 is 0 Å². The molecule has 35 heavy (non-hydrogen) atoms. The molecule has 2 fully saturated rings. The summed E-state index contributed by atoms with van der Waals surface area (Å²) in [5.74, 6) is 0.530. The minimum absolute atomic E-state index is 0.108. The Balaban J connectivity index is 1.71. The highest BCUT2D eigenvalue weighted by atomic mass is 16.7. The Morgan fingerprint density at radius 2 is 1.46 bits per heavy atom. The van der Waals surface area contributed by atoms with Gasteiger partial charge in [0.15, 0.2) is 12.6 Å². The van der Waals surface area contributed by atoms with Gasteiger partial charge in [0.1, 0.15) is 61.2 Å². The van der Waals surface area contributed by atoms with E-state index in [0.717, 1.165) is 12.8 Å². The Morgan fingerprint density at radius 3 is 2.14 bits per heavy atom. The van der Waals surface area contributed by atoms with Crippen molar-refractivity contribution in [1.29, 1.82) is 0 Å². The van der Waals surface area contributed by atoms with Crippen molar-refractivity contribution < 1.29 is 54.3 Å². The van der Waals surface area contributed by atoms with E-state index in [-0.39, 0.29) is 13.2 Å². The lowest BCUT2D eigenvalue weighted by Gasteiger charge is -2.46. The molecular weight excluding hydrogens is 466 g/mol. The van der Waals surface area contributed by atoms with Gasteiger partial charge in [0.2, 0.25) is 0 Å². The van der Waals surface area contributed by atoms with E-state index in [9.17, 15) is 30.6 Å². The van der Waals surface area contributed by atoms with Crippen LogP contribution < -0.4 is 10.5 Å². The van der Waals surface area contributed by atoms with Crippen LogP contribution in [0, 0.1) is 0 Å². The normalized spacial score (nSPS) is 37.8. The number of nitrogens with two attached hydrogens (primary N) is 1. The zero-order valence-electron chi connectivity index (χ0n) is 19.4. The van der Waals surface area contributed by atoms with Gasteiger partial charge in [-0.05, 0) is 37.9 Å². The quantitative estimate of drug-likeness (QED) is 0.153. The molecule has 0 bridgehead atoms. The molecular formula is C23H37NO11. The fraction of sp³-hybridized carbons (Fsp3) is 0.739. The van der Waals surface area contributed by atoms with Gasteiger partial charge in [0.05, 0.1) is 6.61 Å². The molecule has 0 saturated carbocycles. The molecule has 3 rings (SSSR count). The van der Waals surface area contributed by atoms with Crippen LogP contribution in [0.15, 0.2) is 30.3 Å². The molecule has 8 N–H and O–H groups in total. The van der Waals surface area contributed by atoms with Crippen LogP contribution >= 0.6 is 0 Å². The molecule has 0 radical (unpaired) electrons. The van der Waals surface area contributed by atoms with E-state index in [1.807, 2.05) is 6.07 Å². The molecule has 2 heterocycles. The van der Waals surface area contributed by atoms with Gasteiger partial charge >= 0.3 is 0 Å². The number of para-hydroxylation sites is 1. The predicted octanol–water partition coefficient (Wildman–Crippen LogP) is -2.16. The summed E-state index contributed by atoms with van der Waals surface area (Å²) in [6, 6.07) is 8.85. The second kappa shape index (κ2) is 13.8. The van der Waals surface area contributed by atoms with Crippen LogP contribution in [0.4, 0.5) is 0 Å². The number of unbranched alkanes of at least 4 members (excludes halogenated alkanes) is 2. The zero-order valence-corrected chi connectivity index (χ0v) is 19.4. The summed E-state index contributed by atoms with van der Waals surface area (Å²) >= 11 is 0. The second-order valence-corrected chi connectivity index (χ2v) is 8.67. The Labute approximate surface area is 203 Å². The molecule has 1 aromatic carbocycles. The van der Waals surface area contributed by atoms with Crippen LogP contribution in [0.1, 0.15) is 19.3 Å². The maximum atomic E-state index is 10.9. The van der Waals surface area contributed by atoms with Crippen molar-refractivity contribution in [3.63, 3.8) is 0 Å². The third-order valence-corrected chi connectivity index (χ3v) is 6.07. The van der Waals surface area contributed by atoms with Crippen LogP contribution in [0.5, 0.6) is 5.75 Å². The third kappa shape index (κ3) is 7.31. The number of rotatable bonds is 12. The number of aliphatic hydroxyl groups excluding tert-OH is 6. The Kier molecular flexibility index (Phi) is 11.1. The highest BCUT2D eigenvalue weighted by Gasteiger charge is 2.51. The number of benzene rings is 1. The Bertz CT molecular complexity index is 727. The molecule has 2 aliphatic rings. The van der Waals surface area contributed by atoms with E-state index < -0.39 is 68.0 Å². The van der Waals surface area contributed by atoms with Crippen molar-refractivity contribution in [2.45, 2.75) is 80.7 Å². The summed E-state index contributed by atoms with van der Waals surface area (Å²) in [6.07, 6.45) is -11.7. The summed E-state index contributed by atoms with van der Waals surface area (Å²) < 4.78 is 28.4. The molecule has 0 amide bonds. The first-order valence-electron chi connectivity index (χ1n) is 11.8. The maximum absolute atomic E-state index is 10.9. The van der Waals surface area contributed by atoms with Gasteiger partial charge in [-0.2, -0.15) is 0 Å². The number of aliphatic hydroxyl groups is 6. The van der Waals surface area contributed by atoms with Crippen molar-refractivity contribution in [1.82, 2.24) is 0 Å². The van der Waals surface area contributed by atoms with Crippen LogP contribution in [0.2, 0.25) is 0 Å². The number of hydrogen-bond acceptors (Lipinski definition) is 12. The first kappa shape index (κ1) is 28.2. The lowest BCUT2D eigenvalue weighted by atomic mass is 9.97. The number of ether oxygens (including phenoxy) is 5. The third-order valence-electron chi connectivity index (χ3n) is 6.07. The summed E-state index contributed by atoms with van der Waals surface area (Å²) in [5, 5.41) is 61.3. The van der Waals surface area contributed by atoms with E-state index in [1.54, 1.807) is 24.3 Å².